The summed E-state index contributed by atoms with van der Waals surface area (Å²) in [6.07, 6.45) is 1.36. The van der Waals surface area contributed by atoms with E-state index in [1.807, 2.05) is 0 Å². The number of aromatic nitrogens is 5. The number of morpholine rings is 1. The normalized spacial score (nSPS) is 14.9. The summed E-state index contributed by atoms with van der Waals surface area (Å²) in [4.78, 5) is 14.9. The number of carbonyl (C=O) groups is 1. The van der Waals surface area contributed by atoms with Gasteiger partial charge in [0.1, 0.15) is 0 Å². The van der Waals surface area contributed by atoms with Crippen molar-refractivity contribution in [2.24, 2.45) is 5.10 Å². The van der Waals surface area contributed by atoms with Gasteiger partial charge in [0.05, 0.1) is 35.2 Å². The van der Waals surface area contributed by atoms with Gasteiger partial charge in [-0.25, -0.2) is 10.1 Å². The van der Waals surface area contributed by atoms with Crippen molar-refractivity contribution < 1.29 is 14.2 Å². The number of hydrogen-bond acceptors (Lipinski definition) is 10. The molecule has 1 amide bonds. The Hall–Kier alpha value is -3.06. The maximum atomic E-state index is 12.8. The van der Waals surface area contributed by atoms with Gasteiger partial charge in [-0.2, -0.15) is 9.78 Å². The Morgan fingerprint density at radius 2 is 2.00 bits per heavy atom. The van der Waals surface area contributed by atoms with Gasteiger partial charge >= 0.3 is 0 Å². The van der Waals surface area contributed by atoms with Crippen LogP contribution >= 0.6 is 23.2 Å². The fraction of sp³-hybridized carbons (Fsp3) is 0.294. The third-order valence-corrected chi connectivity index (χ3v) is 5.17. The van der Waals surface area contributed by atoms with Crippen molar-refractivity contribution >= 4 is 41.1 Å². The molecule has 12 nitrogen and oxygen atoms in total. The van der Waals surface area contributed by atoms with Gasteiger partial charge in [-0.3, -0.25) is 9.69 Å². The molecule has 0 radical (unpaired) electrons. The van der Waals surface area contributed by atoms with E-state index in [9.17, 15) is 4.79 Å². The van der Waals surface area contributed by atoms with E-state index in [-0.39, 0.29) is 17.3 Å². The van der Waals surface area contributed by atoms with Crippen LogP contribution in [0, 0.1) is 0 Å². The Bertz CT molecular complexity index is 1090. The predicted molar refractivity (Wildman–Crippen MR) is 111 cm³/mol. The minimum atomic E-state index is -0.580. The van der Waals surface area contributed by atoms with Gasteiger partial charge in [0.2, 0.25) is 11.6 Å². The average Bonchev–Trinajstić information content (AvgIpc) is 3.36. The van der Waals surface area contributed by atoms with Crippen molar-refractivity contribution in [3.8, 4) is 5.82 Å². The highest BCUT2D eigenvalue weighted by Crippen LogP contribution is 2.22. The van der Waals surface area contributed by atoms with E-state index >= 15 is 0 Å². The lowest BCUT2D eigenvalue weighted by atomic mass is 10.2. The molecule has 3 N–H and O–H groups in total. The number of nitrogens with two attached hydrogens (primary N) is 1. The van der Waals surface area contributed by atoms with E-state index in [2.05, 4.69) is 40.7 Å². The molecule has 3 aromatic rings. The van der Waals surface area contributed by atoms with Crippen LogP contribution in [0.15, 0.2) is 27.9 Å². The molecular weight excluding hydrogens is 449 g/mol. The number of hydrazone groups is 1. The summed E-state index contributed by atoms with van der Waals surface area (Å²) < 4.78 is 11.4. The number of ether oxygens (including phenoxy) is 1. The van der Waals surface area contributed by atoms with Crippen molar-refractivity contribution in [3.05, 3.63) is 45.2 Å². The molecular formula is C17H17Cl2N9O3. The molecule has 0 spiro atoms. The van der Waals surface area contributed by atoms with Crippen molar-refractivity contribution in [1.29, 1.82) is 0 Å². The second kappa shape index (κ2) is 9.39. The monoisotopic (exact) mass is 465 g/mol. The molecule has 0 atom stereocenters. The van der Waals surface area contributed by atoms with Crippen LogP contribution in [0.2, 0.25) is 10.0 Å². The second-order valence-corrected chi connectivity index (χ2v) is 7.31. The highest BCUT2D eigenvalue weighted by atomic mass is 35.5. The van der Waals surface area contributed by atoms with E-state index in [0.717, 1.165) is 0 Å². The molecule has 1 aromatic carbocycles. The predicted octanol–water partition coefficient (Wildman–Crippen LogP) is 1.14. The third kappa shape index (κ3) is 4.66. The molecule has 1 aliphatic heterocycles. The van der Waals surface area contributed by atoms with E-state index in [1.165, 1.54) is 10.9 Å². The topological polar surface area (TPSA) is 150 Å². The highest BCUT2D eigenvalue weighted by molar-refractivity contribution is 6.38. The Morgan fingerprint density at radius 3 is 2.68 bits per heavy atom. The maximum Gasteiger partial charge on any atom is 0.293 e. The Morgan fingerprint density at radius 1 is 1.26 bits per heavy atom. The number of nitrogen functional groups attached to an aromatic ring is 1. The summed E-state index contributed by atoms with van der Waals surface area (Å²) in [6.45, 7) is 2.88. The van der Waals surface area contributed by atoms with Crippen molar-refractivity contribution in [2.45, 2.75) is 6.54 Å². The molecule has 0 unspecified atom stereocenters. The van der Waals surface area contributed by atoms with Crippen LogP contribution < -0.4 is 11.2 Å². The minimum absolute atomic E-state index is 0.0199. The number of nitrogens with one attached hydrogen (secondary N) is 1. The molecule has 2 aromatic heterocycles. The number of anilines is 1. The number of rotatable bonds is 6. The first-order valence-corrected chi connectivity index (χ1v) is 9.90. The molecule has 4 rings (SSSR count). The van der Waals surface area contributed by atoms with E-state index < -0.39 is 5.91 Å². The highest BCUT2D eigenvalue weighted by Gasteiger charge is 2.26. The summed E-state index contributed by atoms with van der Waals surface area (Å²) in [5.74, 6) is -0.420. The quantitative estimate of drug-likeness (QED) is 0.403. The SMILES string of the molecule is Nc1nonc1-n1nnc(C(=O)N/N=C\c2c(Cl)cccc2Cl)c1CN1CCOCC1. The van der Waals surface area contributed by atoms with Crippen LogP contribution in [-0.2, 0) is 11.3 Å². The van der Waals surface area contributed by atoms with Crippen molar-refractivity contribution in [1.82, 2.24) is 35.6 Å². The molecule has 0 bridgehead atoms. The van der Waals surface area contributed by atoms with Crippen LogP contribution in [0.3, 0.4) is 0 Å². The number of benzene rings is 1. The summed E-state index contributed by atoms with van der Waals surface area (Å²) in [5, 5.41) is 20.1. The molecule has 162 valence electrons. The molecule has 31 heavy (non-hydrogen) atoms. The Labute approximate surface area is 185 Å². The fourth-order valence-electron chi connectivity index (χ4n) is 2.94. The first-order chi connectivity index (χ1) is 15.0. The average molecular weight is 466 g/mol. The van der Waals surface area contributed by atoms with Gasteiger partial charge in [-0.05, 0) is 22.4 Å². The van der Waals surface area contributed by atoms with Gasteiger partial charge < -0.3 is 10.5 Å². The lowest BCUT2D eigenvalue weighted by molar-refractivity contribution is 0.0332. The van der Waals surface area contributed by atoms with Gasteiger partial charge in [0.15, 0.2) is 5.69 Å². The Kier molecular flexibility index (Phi) is 6.42. The Balaban J connectivity index is 1.59. The van der Waals surface area contributed by atoms with Crippen molar-refractivity contribution in [3.63, 3.8) is 0 Å². The third-order valence-electron chi connectivity index (χ3n) is 4.51. The van der Waals surface area contributed by atoms with Gasteiger partial charge in [-0.1, -0.05) is 34.5 Å². The molecule has 3 heterocycles. The lowest BCUT2D eigenvalue weighted by Crippen LogP contribution is -2.37. The van der Waals surface area contributed by atoms with Gasteiger partial charge in [-0.15, -0.1) is 5.10 Å². The van der Waals surface area contributed by atoms with Gasteiger partial charge in [0, 0.05) is 25.2 Å². The second-order valence-electron chi connectivity index (χ2n) is 6.49. The largest absolute Gasteiger partial charge is 0.379 e. The molecule has 1 aliphatic rings. The number of carbonyl (C=O) groups excluding carboxylic acids is 1. The van der Waals surface area contributed by atoms with Crippen LogP contribution in [0.25, 0.3) is 5.82 Å². The van der Waals surface area contributed by atoms with E-state index in [1.54, 1.807) is 18.2 Å². The molecule has 0 aliphatic carbocycles. The first kappa shape index (κ1) is 21.2. The first-order valence-electron chi connectivity index (χ1n) is 9.15. The molecule has 1 saturated heterocycles. The van der Waals surface area contributed by atoms with Crippen LogP contribution in [0.1, 0.15) is 21.7 Å². The lowest BCUT2D eigenvalue weighted by Gasteiger charge is -2.26. The summed E-state index contributed by atoms with van der Waals surface area (Å²) in [5.41, 5.74) is 9.19. The summed E-state index contributed by atoms with van der Waals surface area (Å²) in [7, 11) is 0. The summed E-state index contributed by atoms with van der Waals surface area (Å²) >= 11 is 12.2. The molecule has 1 fully saturated rings. The number of halogens is 2. The smallest absolute Gasteiger partial charge is 0.293 e. The minimum Gasteiger partial charge on any atom is -0.379 e. The standard InChI is InChI=1S/C17H17Cl2N9O3/c18-11-2-1-3-12(19)10(11)8-21-23-17(29)14-13(9-27-4-6-30-7-5-27)28(26-22-14)16-15(20)24-31-25-16/h1-3,8H,4-7,9H2,(H2,20,24)(H,23,29)/b21-8-. The van der Waals surface area contributed by atoms with Crippen LogP contribution in [0.4, 0.5) is 5.82 Å². The molecule has 0 saturated carbocycles. The van der Waals surface area contributed by atoms with Crippen molar-refractivity contribution in [2.75, 3.05) is 32.0 Å². The van der Waals surface area contributed by atoms with E-state index in [0.29, 0.717) is 54.2 Å². The number of amides is 1. The van der Waals surface area contributed by atoms with Gasteiger partial charge in [0.25, 0.3) is 5.91 Å². The maximum absolute atomic E-state index is 12.8. The zero-order valence-corrected chi connectivity index (χ0v) is 17.5. The number of nitrogens with zero attached hydrogens (tertiary/aromatic N) is 7. The van der Waals surface area contributed by atoms with E-state index in [4.69, 9.17) is 33.7 Å². The zero-order chi connectivity index (χ0) is 21.8. The number of hydrogen-bond donors (Lipinski definition) is 2. The summed E-state index contributed by atoms with van der Waals surface area (Å²) in [6, 6.07) is 5.04. The van der Waals surface area contributed by atoms with Crippen LogP contribution in [0.5, 0.6) is 0 Å². The molecule has 14 heteroatoms. The zero-order valence-electron chi connectivity index (χ0n) is 16.0. The van der Waals surface area contributed by atoms with Crippen LogP contribution in [-0.4, -0.2) is 68.6 Å². The fourth-order valence-corrected chi connectivity index (χ4v) is 3.44.